The van der Waals surface area contributed by atoms with Crippen molar-refractivity contribution in [2.24, 2.45) is 0 Å². The summed E-state index contributed by atoms with van der Waals surface area (Å²) in [6.45, 7) is 8.64. The van der Waals surface area contributed by atoms with E-state index in [4.69, 9.17) is 4.74 Å². The van der Waals surface area contributed by atoms with Crippen molar-refractivity contribution in [1.82, 2.24) is 4.90 Å². The van der Waals surface area contributed by atoms with Gasteiger partial charge in [-0.15, -0.1) is 0 Å². The van der Waals surface area contributed by atoms with Gasteiger partial charge in [0.25, 0.3) is 0 Å². The first-order chi connectivity index (χ1) is 7.61. The second kappa shape index (κ2) is 8.95. The van der Waals surface area contributed by atoms with Crippen LogP contribution in [0.15, 0.2) is 12.7 Å². The molecule has 0 saturated carbocycles. The Kier molecular flexibility index (Phi) is 8.21. The average molecular weight is 227 g/mol. The lowest BCUT2D eigenvalue weighted by Gasteiger charge is -2.20. The molecule has 0 spiro atoms. The smallest absolute Gasteiger partial charge is 0.302 e. The van der Waals surface area contributed by atoms with Gasteiger partial charge in [0.2, 0.25) is 5.91 Å². The van der Waals surface area contributed by atoms with Gasteiger partial charge < -0.3 is 9.64 Å². The second-order valence-electron chi connectivity index (χ2n) is 3.58. The summed E-state index contributed by atoms with van der Waals surface area (Å²) in [7, 11) is 0. The lowest BCUT2D eigenvalue weighted by Crippen LogP contribution is -2.32. The van der Waals surface area contributed by atoms with Crippen LogP contribution in [0.5, 0.6) is 0 Å². The Hall–Kier alpha value is -1.32. The predicted octanol–water partition coefficient (Wildman–Crippen LogP) is 1.75. The predicted molar refractivity (Wildman–Crippen MR) is 62.9 cm³/mol. The van der Waals surface area contributed by atoms with Gasteiger partial charge in [-0.1, -0.05) is 19.9 Å². The Labute approximate surface area is 97.3 Å². The molecule has 4 nitrogen and oxygen atoms in total. The zero-order valence-electron chi connectivity index (χ0n) is 10.2. The van der Waals surface area contributed by atoms with Crippen LogP contribution in [-0.2, 0) is 14.3 Å². The highest BCUT2D eigenvalue weighted by Gasteiger charge is 2.08. The number of amides is 1. The number of hydrogen-bond donors (Lipinski definition) is 0. The molecule has 0 heterocycles. The molecule has 92 valence electrons. The van der Waals surface area contributed by atoms with Gasteiger partial charge in [0.05, 0.1) is 6.61 Å². The van der Waals surface area contributed by atoms with Crippen LogP contribution in [0.25, 0.3) is 0 Å². The van der Waals surface area contributed by atoms with Crippen LogP contribution < -0.4 is 0 Å². The molecule has 0 N–H and O–H groups in total. The molecular weight excluding hydrogens is 206 g/mol. The number of esters is 1. The topological polar surface area (TPSA) is 46.6 Å². The SMILES string of the molecule is C=CC(=O)N(CCCC)CCCOC(C)=O. The Morgan fingerprint density at radius 1 is 1.31 bits per heavy atom. The van der Waals surface area contributed by atoms with Gasteiger partial charge in [-0.25, -0.2) is 0 Å². The lowest BCUT2D eigenvalue weighted by molar-refractivity contribution is -0.141. The molecule has 4 heteroatoms. The standard InChI is InChI=1S/C12H21NO3/c1-4-6-8-13(12(15)5-2)9-7-10-16-11(3)14/h5H,2,4,6-10H2,1,3H3. The van der Waals surface area contributed by atoms with Crippen LogP contribution in [-0.4, -0.2) is 36.5 Å². The van der Waals surface area contributed by atoms with Crippen LogP contribution in [0.3, 0.4) is 0 Å². The van der Waals surface area contributed by atoms with Crippen molar-refractivity contribution < 1.29 is 14.3 Å². The number of nitrogens with zero attached hydrogens (tertiary/aromatic N) is 1. The molecule has 0 bridgehead atoms. The van der Waals surface area contributed by atoms with E-state index in [1.165, 1.54) is 13.0 Å². The van der Waals surface area contributed by atoms with E-state index in [0.717, 1.165) is 19.4 Å². The molecule has 0 aromatic carbocycles. The summed E-state index contributed by atoms with van der Waals surface area (Å²) in [4.78, 5) is 23.7. The maximum absolute atomic E-state index is 11.4. The first-order valence-corrected chi connectivity index (χ1v) is 5.66. The van der Waals surface area contributed by atoms with Crippen molar-refractivity contribution in [3.05, 3.63) is 12.7 Å². The van der Waals surface area contributed by atoms with E-state index in [1.54, 1.807) is 4.90 Å². The van der Waals surface area contributed by atoms with Crippen molar-refractivity contribution in [1.29, 1.82) is 0 Å². The summed E-state index contributed by atoms with van der Waals surface area (Å²) in [5, 5.41) is 0. The summed E-state index contributed by atoms with van der Waals surface area (Å²) in [6, 6.07) is 0. The minimum atomic E-state index is -0.282. The fourth-order valence-corrected chi connectivity index (χ4v) is 1.28. The van der Waals surface area contributed by atoms with E-state index in [-0.39, 0.29) is 11.9 Å². The molecule has 0 aromatic rings. The number of ether oxygens (including phenoxy) is 1. The summed E-state index contributed by atoms with van der Waals surface area (Å²) < 4.78 is 4.81. The van der Waals surface area contributed by atoms with Gasteiger partial charge in [0.1, 0.15) is 0 Å². The van der Waals surface area contributed by atoms with Crippen molar-refractivity contribution in [2.75, 3.05) is 19.7 Å². The first-order valence-electron chi connectivity index (χ1n) is 5.66. The van der Waals surface area contributed by atoms with E-state index < -0.39 is 0 Å². The molecule has 0 aliphatic heterocycles. The molecule has 0 saturated heterocycles. The van der Waals surface area contributed by atoms with E-state index in [2.05, 4.69) is 13.5 Å². The minimum absolute atomic E-state index is 0.0590. The molecule has 0 aliphatic carbocycles. The van der Waals surface area contributed by atoms with Gasteiger partial charge in [-0.2, -0.15) is 0 Å². The highest BCUT2D eigenvalue weighted by molar-refractivity contribution is 5.86. The van der Waals surface area contributed by atoms with E-state index in [9.17, 15) is 9.59 Å². The summed E-state index contributed by atoms with van der Waals surface area (Å²) in [5.41, 5.74) is 0. The third-order valence-electron chi connectivity index (χ3n) is 2.15. The Bertz CT molecular complexity index is 238. The molecule has 0 aliphatic rings. The maximum atomic E-state index is 11.4. The summed E-state index contributed by atoms with van der Waals surface area (Å²) >= 11 is 0. The van der Waals surface area contributed by atoms with Gasteiger partial charge >= 0.3 is 5.97 Å². The van der Waals surface area contributed by atoms with Gasteiger partial charge in [0.15, 0.2) is 0 Å². The van der Waals surface area contributed by atoms with Gasteiger partial charge in [-0.3, -0.25) is 9.59 Å². The molecule has 0 aromatic heterocycles. The molecule has 1 amide bonds. The van der Waals surface area contributed by atoms with E-state index in [1.807, 2.05) is 0 Å². The molecule has 0 fully saturated rings. The Balaban J connectivity index is 3.86. The number of hydrogen-bond acceptors (Lipinski definition) is 3. The Morgan fingerprint density at radius 3 is 2.44 bits per heavy atom. The normalized spacial score (nSPS) is 9.62. The lowest BCUT2D eigenvalue weighted by atomic mass is 10.3. The van der Waals surface area contributed by atoms with E-state index >= 15 is 0 Å². The fourth-order valence-electron chi connectivity index (χ4n) is 1.28. The number of carbonyl (C=O) groups excluding carboxylic acids is 2. The fraction of sp³-hybridized carbons (Fsp3) is 0.667. The van der Waals surface area contributed by atoms with Crippen LogP contribution in [0.2, 0.25) is 0 Å². The van der Waals surface area contributed by atoms with Gasteiger partial charge in [0, 0.05) is 20.0 Å². The second-order valence-corrected chi connectivity index (χ2v) is 3.58. The molecule has 0 rings (SSSR count). The van der Waals surface area contributed by atoms with Crippen molar-refractivity contribution in [3.8, 4) is 0 Å². The highest BCUT2D eigenvalue weighted by Crippen LogP contribution is 1.99. The van der Waals surface area contributed by atoms with Crippen LogP contribution >= 0.6 is 0 Å². The maximum Gasteiger partial charge on any atom is 0.302 e. The minimum Gasteiger partial charge on any atom is -0.466 e. The molecule has 0 atom stereocenters. The van der Waals surface area contributed by atoms with Crippen LogP contribution in [0, 0.1) is 0 Å². The molecule has 16 heavy (non-hydrogen) atoms. The third-order valence-corrected chi connectivity index (χ3v) is 2.15. The van der Waals surface area contributed by atoms with Gasteiger partial charge in [-0.05, 0) is 18.9 Å². The summed E-state index contributed by atoms with van der Waals surface area (Å²) in [6.07, 6.45) is 4.02. The van der Waals surface area contributed by atoms with Crippen molar-refractivity contribution in [2.45, 2.75) is 33.1 Å². The number of unbranched alkanes of at least 4 members (excludes halogenated alkanes) is 1. The van der Waals surface area contributed by atoms with E-state index in [0.29, 0.717) is 19.6 Å². The highest BCUT2D eigenvalue weighted by atomic mass is 16.5. The average Bonchev–Trinajstić information content (AvgIpc) is 2.26. The Morgan fingerprint density at radius 2 is 1.94 bits per heavy atom. The summed E-state index contributed by atoms with van der Waals surface area (Å²) in [5.74, 6) is -0.341. The zero-order valence-corrected chi connectivity index (χ0v) is 10.2. The molecular formula is C12H21NO3. The zero-order chi connectivity index (χ0) is 12.4. The number of rotatable bonds is 8. The van der Waals surface area contributed by atoms with Crippen molar-refractivity contribution >= 4 is 11.9 Å². The number of carbonyl (C=O) groups is 2. The molecule has 0 radical (unpaired) electrons. The molecule has 0 unspecified atom stereocenters. The monoisotopic (exact) mass is 227 g/mol. The third kappa shape index (κ3) is 7.04. The quantitative estimate of drug-likeness (QED) is 0.360. The first kappa shape index (κ1) is 14.7. The largest absolute Gasteiger partial charge is 0.466 e. The van der Waals surface area contributed by atoms with Crippen LogP contribution in [0.1, 0.15) is 33.1 Å². The van der Waals surface area contributed by atoms with Crippen LogP contribution in [0.4, 0.5) is 0 Å². The van der Waals surface area contributed by atoms with Crippen molar-refractivity contribution in [3.63, 3.8) is 0 Å².